The van der Waals surface area contributed by atoms with Gasteiger partial charge >= 0.3 is 11.9 Å². The van der Waals surface area contributed by atoms with Gasteiger partial charge in [-0.2, -0.15) is 0 Å². The summed E-state index contributed by atoms with van der Waals surface area (Å²) in [6, 6.07) is 0. The molecule has 4 fully saturated rings. The molecule has 0 aromatic heterocycles. The second kappa shape index (κ2) is 5.47. The van der Waals surface area contributed by atoms with Crippen LogP contribution in [-0.4, -0.2) is 62.8 Å². The molecule has 0 aromatic rings. The standard InChI is InChI=1S/C15H20O7/c1-7-10-2-11(22-7)13(15(17)21-6-9-4-19-9)12(10)14(16)20-5-8-3-18-8/h7-13H,2-6H2,1H3. The van der Waals surface area contributed by atoms with Crippen LogP contribution < -0.4 is 0 Å². The lowest BCUT2D eigenvalue weighted by atomic mass is 9.84. The molecule has 0 N–H and O–H groups in total. The summed E-state index contributed by atoms with van der Waals surface area (Å²) in [7, 11) is 0. The van der Waals surface area contributed by atoms with E-state index in [2.05, 4.69) is 0 Å². The molecule has 0 radical (unpaired) electrons. The first-order valence-electron chi connectivity index (χ1n) is 7.85. The maximum atomic E-state index is 12.4. The van der Waals surface area contributed by atoms with Gasteiger partial charge in [-0.25, -0.2) is 0 Å². The lowest BCUT2D eigenvalue weighted by molar-refractivity contribution is -0.173. The van der Waals surface area contributed by atoms with Crippen LogP contribution in [0.4, 0.5) is 0 Å². The number of hydrogen-bond acceptors (Lipinski definition) is 7. The van der Waals surface area contributed by atoms with Crippen LogP contribution in [0.2, 0.25) is 0 Å². The molecule has 1 saturated carbocycles. The molecule has 3 saturated heterocycles. The van der Waals surface area contributed by atoms with E-state index < -0.39 is 11.8 Å². The van der Waals surface area contributed by atoms with E-state index in [0.717, 1.165) is 0 Å². The fourth-order valence-corrected chi connectivity index (χ4v) is 3.55. The quantitative estimate of drug-likeness (QED) is 0.500. The van der Waals surface area contributed by atoms with Crippen LogP contribution in [0.1, 0.15) is 13.3 Å². The van der Waals surface area contributed by atoms with E-state index >= 15 is 0 Å². The molecule has 7 nitrogen and oxygen atoms in total. The summed E-state index contributed by atoms with van der Waals surface area (Å²) in [5.74, 6) is -1.72. The molecule has 7 heteroatoms. The minimum Gasteiger partial charge on any atom is -0.463 e. The molecule has 1 aliphatic carbocycles. The summed E-state index contributed by atoms with van der Waals surface area (Å²) in [6.07, 6.45) is 0.465. The maximum absolute atomic E-state index is 12.4. The van der Waals surface area contributed by atoms with Gasteiger partial charge in [0, 0.05) is 5.92 Å². The number of carbonyl (C=O) groups excluding carboxylic acids is 2. The predicted octanol–water partition coefficient (Wildman–Crippen LogP) is -0.0900. The number of fused-ring (bicyclic) bond motifs is 2. The molecule has 0 spiro atoms. The van der Waals surface area contributed by atoms with Crippen molar-refractivity contribution in [2.24, 2.45) is 17.8 Å². The van der Waals surface area contributed by atoms with Gasteiger partial charge in [-0.3, -0.25) is 9.59 Å². The zero-order chi connectivity index (χ0) is 15.3. The minimum atomic E-state index is -0.562. The van der Waals surface area contributed by atoms with Crippen LogP contribution in [0.3, 0.4) is 0 Å². The zero-order valence-electron chi connectivity index (χ0n) is 12.4. The second-order valence-electron chi connectivity index (χ2n) is 6.50. The molecule has 4 aliphatic rings. The molecule has 0 aromatic carbocycles. The molecule has 3 heterocycles. The van der Waals surface area contributed by atoms with E-state index in [4.69, 9.17) is 23.7 Å². The van der Waals surface area contributed by atoms with Gasteiger partial charge in [0.25, 0.3) is 0 Å². The van der Waals surface area contributed by atoms with Gasteiger partial charge in [0.2, 0.25) is 0 Å². The van der Waals surface area contributed by atoms with Crippen molar-refractivity contribution in [1.82, 2.24) is 0 Å². The molecular weight excluding hydrogens is 292 g/mol. The second-order valence-corrected chi connectivity index (χ2v) is 6.50. The van der Waals surface area contributed by atoms with Crippen molar-refractivity contribution in [3.8, 4) is 0 Å². The van der Waals surface area contributed by atoms with Gasteiger partial charge in [-0.15, -0.1) is 0 Å². The summed E-state index contributed by atoms with van der Waals surface area (Å²) in [6.45, 7) is 3.72. The third-order valence-electron chi connectivity index (χ3n) is 4.92. The summed E-state index contributed by atoms with van der Waals surface area (Å²) >= 11 is 0. The average Bonchev–Trinajstić information content (AvgIpc) is 3.41. The highest BCUT2D eigenvalue weighted by Gasteiger charge is 2.59. The van der Waals surface area contributed by atoms with E-state index in [-0.39, 0.29) is 55.5 Å². The smallest absolute Gasteiger partial charge is 0.312 e. The summed E-state index contributed by atoms with van der Waals surface area (Å²) in [5.41, 5.74) is 0. The van der Waals surface area contributed by atoms with Crippen molar-refractivity contribution >= 4 is 11.9 Å². The predicted molar refractivity (Wildman–Crippen MR) is 70.8 cm³/mol. The Morgan fingerprint density at radius 2 is 1.55 bits per heavy atom. The highest BCUT2D eigenvalue weighted by atomic mass is 16.6. The fraction of sp³-hybridized carbons (Fsp3) is 0.867. The van der Waals surface area contributed by atoms with E-state index in [1.807, 2.05) is 6.92 Å². The van der Waals surface area contributed by atoms with Crippen molar-refractivity contribution < 1.29 is 33.3 Å². The Morgan fingerprint density at radius 1 is 1.00 bits per heavy atom. The average molecular weight is 312 g/mol. The Balaban J connectivity index is 1.42. The van der Waals surface area contributed by atoms with Gasteiger partial charge in [-0.05, 0) is 13.3 Å². The molecule has 7 atom stereocenters. The third-order valence-corrected chi connectivity index (χ3v) is 4.92. The molecule has 7 unspecified atom stereocenters. The molecule has 2 bridgehead atoms. The Kier molecular flexibility index (Phi) is 3.58. The first kappa shape index (κ1) is 14.4. The van der Waals surface area contributed by atoms with Crippen molar-refractivity contribution in [2.45, 2.75) is 37.8 Å². The van der Waals surface area contributed by atoms with Crippen LogP contribution in [0.5, 0.6) is 0 Å². The molecule has 3 aliphatic heterocycles. The molecule has 4 rings (SSSR count). The van der Waals surface area contributed by atoms with Gasteiger partial charge in [0.1, 0.15) is 25.4 Å². The van der Waals surface area contributed by atoms with Gasteiger partial charge in [0.05, 0.1) is 37.3 Å². The van der Waals surface area contributed by atoms with Gasteiger partial charge < -0.3 is 23.7 Å². The van der Waals surface area contributed by atoms with Crippen molar-refractivity contribution in [3.63, 3.8) is 0 Å². The van der Waals surface area contributed by atoms with Gasteiger partial charge in [-0.1, -0.05) is 0 Å². The van der Waals surface area contributed by atoms with Crippen LogP contribution in [-0.2, 0) is 33.3 Å². The Hall–Kier alpha value is -1.18. The monoisotopic (exact) mass is 312 g/mol. The van der Waals surface area contributed by atoms with Gasteiger partial charge in [0.15, 0.2) is 0 Å². The number of epoxide rings is 2. The minimum absolute atomic E-state index is 0.0137. The first-order chi connectivity index (χ1) is 10.6. The van der Waals surface area contributed by atoms with E-state index in [1.165, 1.54) is 0 Å². The number of ether oxygens (including phenoxy) is 5. The van der Waals surface area contributed by atoms with E-state index in [0.29, 0.717) is 19.6 Å². The number of carbonyl (C=O) groups is 2. The van der Waals surface area contributed by atoms with Crippen LogP contribution >= 0.6 is 0 Å². The number of esters is 2. The highest BCUT2D eigenvalue weighted by molar-refractivity contribution is 5.84. The Bertz CT molecular complexity index is 471. The molecular formula is C15H20O7. The lowest BCUT2D eigenvalue weighted by Gasteiger charge is -2.31. The Labute approximate surface area is 128 Å². The zero-order valence-corrected chi connectivity index (χ0v) is 12.4. The third kappa shape index (κ3) is 2.73. The van der Waals surface area contributed by atoms with E-state index in [9.17, 15) is 9.59 Å². The largest absolute Gasteiger partial charge is 0.463 e. The SMILES string of the molecule is CC1OC2CC1C(C(=O)OCC1CO1)C2C(=O)OCC1CO1. The fourth-order valence-electron chi connectivity index (χ4n) is 3.55. The molecule has 0 amide bonds. The normalized spacial score (nSPS) is 44.7. The first-order valence-corrected chi connectivity index (χ1v) is 7.85. The summed E-state index contributed by atoms with van der Waals surface area (Å²) in [4.78, 5) is 24.8. The van der Waals surface area contributed by atoms with Crippen molar-refractivity contribution in [1.29, 1.82) is 0 Å². The Morgan fingerprint density at radius 3 is 2.09 bits per heavy atom. The number of hydrogen-bond donors (Lipinski definition) is 0. The van der Waals surface area contributed by atoms with Crippen molar-refractivity contribution in [2.75, 3.05) is 26.4 Å². The topological polar surface area (TPSA) is 86.9 Å². The lowest BCUT2D eigenvalue weighted by Crippen LogP contribution is -2.44. The van der Waals surface area contributed by atoms with Crippen LogP contribution in [0.15, 0.2) is 0 Å². The van der Waals surface area contributed by atoms with Crippen LogP contribution in [0.25, 0.3) is 0 Å². The maximum Gasteiger partial charge on any atom is 0.312 e. The summed E-state index contributed by atoms with van der Waals surface area (Å²) in [5, 5.41) is 0. The molecule has 22 heavy (non-hydrogen) atoms. The van der Waals surface area contributed by atoms with E-state index in [1.54, 1.807) is 0 Å². The van der Waals surface area contributed by atoms with Crippen LogP contribution in [0, 0.1) is 17.8 Å². The summed E-state index contributed by atoms with van der Waals surface area (Å²) < 4.78 is 26.4. The highest BCUT2D eigenvalue weighted by Crippen LogP contribution is 2.49. The number of rotatable bonds is 6. The van der Waals surface area contributed by atoms with Crippen molar-refractivity contribution in [3.05, 3.63) is 0 Å². The molecule has 122 valence electrons.